The van der Waals surface area contributed by atoms with Crippen molar-refractivity contribution >= 4 is 44.6 Å². The number of nitrogens with zero attached hydrogens (tertiary/aromatic N) is 1. The van der Waals surface area contributed by atoms with Gasteiger partial charge < -0.3 is 5.32 Å². The zero-order chi connectivity index (χ0) is 17.2. The van der Waals surface area contributed by atoms with Crippen LogP contribution in [-0.2, 0) is 10.0 Å². The monoisotopic (exact) mass is 384 g/mol. The van der Waals surface area contributed by atoms with Gasteiger partial charge in [0.25, 0.3) is 5.91 Å². The largest absolute Gasteiger partial charge is 0.320 e. The number of halogens is 1. The first-order chi connectivity index (χ1) is 11.5. The van der Waals surface area contributed by atoms with Crippen molar-refractivity contribution in [2.75, 3.05) is 18.4 Å². The van der Waals surface area contributed by atoms with E-state index in [1.54, 1.807) is 30.3 Å². The number of benzene rings is 1. The van der Waals surface area contributed by atoms with Gasteiger partial charge in [0.15, 0.2) is 0 Å². The number of amides is 1. The summed E-state index contributed by atoms with van der Waals surface area (Å²) in [5.74, 6) is -0.367. The van der Waals surface area contributed by atoms with E-state index in [2.05, 4.69) is 5.32 Å². The van der Waals surface area contributed by atoms with Gasteiger partial charge in [-0.05, 0) is 37.1 Å². The van der Waals surface area contributed by atoms with Gasteiger partial charge in [-0.3, -0.25) is 4.79 Å². The molecule has 0 atom stereocenters. The van der Waals surface area contributed by atoms with Crippen LogP contribution in [0.1, 0.15) is 28.9 Å². The van der Waals surface area contributed by atoms with Gasteiger partial charge in [0.2, 0.25) is 10.0 Å². The molecule has 1 fully saturated rings. The van der Waals surface area contributed by atoms with Crippen LogP contribution in [0.3, 0.4) is 0 Å². The van der Waals surface area contributed by atoms with Crippen LogP contribution < -0.4 is 5.32 Å². The molecule has 128 valence electrons. The lowest BCUT2D eigenvalue weighted by atomic mass is 10.2. The average Bonchev–Trinajstić information content (AvgIpc) is 3.03. The molecule has 1 aliphatic heterocycles. The van der Waals surface area contributed by atoms with Crippen molar-refractivity contribution in [3.63, 3.8) is 0 Å². The molecule has 2 heterocycles. The standard InChI is InChI=1S/C16H17ClN2O3S2/c17-15-9-8-13(23-15)16(20)18-12-6-2-3-7-14(12)24(21,22)19-10-4-1-5-11-19/h2-3,6-9H,1,4-5,10-11H2,(H,18,20). The molecule has 0 radical (unpaired) electrons. The molecule has 8 heteroatoms. The number of carbonyl (C=O) groups is 1. The molecule has 1 aliphatic rings. The Kier molecular flexibility index (Phi) is 5.24. The van der Waals surface area contributed by atoms with Crippen molar-refractivity contribution in [3.05, 3.63) is 45.6 Å². The fraction of sp³-hybridized carbons (Fsp3) is 0.312. The first kappa shape index (κ1) is 17.4. The molecule has 5 nitrogen and oxygen atoms in total. The molecule has 0 unspecified atom stereocenters. The Labute approximate surface area is 150 Å². The van der Waals surface area contributed by atoms with E-state index in [1.165, 1.54) is 10.4 Å². The Morgan fingerprint density at radius 1 is 1.08 bits per heavy atom. The maximum Gasteiger partial charge on any atom is 0.265 e. The number of sulfonamides is 1. The number of anilines is 1. The predicted octanol–water partition coefficient (Wildman–Crippen LogP) is 3.83. The van der Waals surface area contributed by atoms with E-state index >= 15 is 0 Å². The molecule has 0 aliphatic carbocycles. The number of carbonyl (C=O) groups excluding carboxylic acids is 1. The van der Waals surface area contributed by atoms with Crippen molar-refractivity contribution in [1.82, 2.24) is 4.31 Å². The van der Waals surface area contributed by atoms with Gasteiger partial charge in [0.1, 0.15) is 4.90 Å². The van der Waals surface area contributed by atoms with E-state index in [4.69, 9.17) is 11.6 Å². The Balaban J connectivity index is 1.89. The molecule has 0 spiro atoms. The Hall–Kier alpha value is -1.41. The topological polar surface area (TPSA) is 66.5 Å². The zero-order valence-electron chi connectivity index (χ0n) is 12.9. The van der Waals surface area contributed by atoms with Crippen LogP contribution in [-0.4, -0.2) is 31.7 Å². The molecule has 3 rings (SSSR count). The highest BCUT2D eigenvalue weighted by Gasteiger charge is 2.28. The van der Waals surface area contributed by atoms with E-state index < -0.39 is 10.0 Å². The molecule has 1 amide bonds. The number of rotatable bonds is 4. The molecule has 24 heavy (non-hydrogen) atoms. The number of piperidine rings is 1. The van der Waals surface area contributed by atoms with Crippen molar-refractivity contribution < 1.29 is 13.2 Å². The van der Waals surface area contributed by atoms with Crippen LogP contribution in [0.15, 0.2) is 41.3 Å². The van der Waals surface area contributed by atoms with Crippen LogP contribution >= 0.6 is 22.9 Å². The average molecular weight is 385 g/mol. The summed E-state index contributed by atoms with van der Waals surface area (Å²) in [6.45, 7) is 1.04. The molecule has 1 aromatic heterocycles. The van der Waals surface area contributed by atoms with E-state index in [0.29, 0.717) is 22.3 Å². The van der Waals surface area contributed by atoms with Crippen molar-refractivity contribution in [2.45, 2.75) is 24.2 Å². The number of hydrogen-bond donors (Lipinski definition) is 1. The molecule has 2 aromatic rings. The summed E-state index contributed by atoms with van der Waals surface area (Å²) >= 11 is 7.00. The van der Waals surface area contributed by atoms with Crippen LogP contribution in [0, 0.1) is 0 Å². The minimum absolute atomic E-state index is 0.128. The maximum absolute atomic E-state index is 12.9. The lowest BCUT2D eigenvalue weighted by Crippen LogP contribution is -2.36. The molecule has 0 bridgehead atoms. The van der Waals surface area contributed by atoms with Gasteiger partial charge in [-0.1, -0.05) is 30.2 Å². The normalized spacial score (nSPS) is 16.0. The molecule has 1 saturated heterocycles. The number of hydrogen-bond acceptors (Lipinski definition) is 4. The van der Waals surface area contributed by atoms with Crippen LogP contribution in [0.2, 0.25) is 4.34 Å². The summed E-state index contributed by atoms with van der Waals surface area (Å²) in [7, 11) is -3.62. The second-order valence-corrected chi connectivity index (χ2v) is 9.14. The van der Waals surface area contributed by atoms with Gasteiger partial charge in [-0.2, -0.15) is 4.31 Å². The fourth-order valence-corrected chi connectivity index (χ4v) is 5.26. The maximum atomic E-state index is 12.9. The summed E-state index contributed by atoms with van der Waals surface area (Å²) < 4.78 is 27.8. The fourth-order valence-electron chi connectivity index (χ4n) is 2.66. The van der Waals surface area contributed by atoms with Gasteiger partial charge in [0, 0.05) is 13.1 Å². The number of para-hydroxylation sites is 1. The minimum Gasteiger partial charge on any atom is -0.320 e. The van der Waals surface area contributed by atoms with Crippen molar-refractivity contribution in [1.29, 1.82) is 0 Å². The summed E-state index contributed by atoms with van der Waals surface area (Å²) in [6.07, 6.45) is 2.77. The molecular formula is C16H17ClN2O3S2. The van der Waals surface area contributed by atoms with E-state index in [1.807, 2.05) is 0 Å². The third-order valence-corrected chi connectivity index (χ3v) is 7.05. The Bertz CT molecular complexity index is 843. The summed E-state index contributed by atoms with van der Waals surface area (Å²) in [4.78, 5) is 12.9. The second kappa shape index (κ2) is 7.23. The van der Waals surface area contributed by atoms with Crippen molar-refractivity contribution in [3.8, 4) is 0 Å². The highest BCUT2D eigenvalue weighted by molar-refractivity contribution is 7.89. The Morgan fingerprint density at radius 3 is 2.46 bits per heavy atom. The van der Waals surface area contributed by atoms with E-state index in [-0.39, 0.29) is 16.5 Å². The van der Waals surface area contributed by atoms with Gasteiger partial charge in [-0.15, -0.1) is 11.3 Å². The predicted molar refractivity (Wildman–Crippen MR) is 96.3 cm³/mol. The quantitative estimate of drug-likeness (QED) is 0.871. The summed E-state index contributed by atoms with van der Waals surface area (Å²) in [6, 6.07) is 9.74. The van der Waals surface area contributed by atoms with Gasteiger partial charge in [0.05, 0.1) is 14.9 Å². The first-order valence-electron chi connectivity index (χ1n) is 7.64. The molecule has 1 aromatic carbocycles. The lowest BCUT2D eigenvalue weighted by Gasteiger charge is -2.26. The Morgan fingerprint density at radius 2 is 1.79 bits per heavy atom. The van der Waals surface area contributed by atoms with Crippen LogP contribution in [0.5, 0.6) is 0 Å². The summed E-state index contributed by atoms with van der Waals surface area (Å²) in [5.41, 5.74) is 0.289. The van der Waals surface area contributed by atoms with Crippen molar-refractivity contribution in [2.24, 2.45) is 0 Å². The van der Waals surface area contributed by atoms with E-state index in [0.717, 1.165) is 30.6 Å². The molecule has 1 N–H and O–H groups in total. The van der Waals surface area contributed by atoms with Gasteiger partial charge in [-0.25, -0.2) is 8.42 Å². The number of nitrogens with one attached hydrogen (secondary N) is 1. The number of thiophene rings is 1. The van der Waals surface area contributed by atoms with E-state index in [9.17, 15) is 13.2 Å². The molecule has 0 saturated carbocycles. The highest BCUT2D eigenvalue weighted by Crippen LogP contribution is 2.28. The third-order valence-electron chi connectivity index (χ3n) is 3.87. The van der Waals surface area contributed by atoms with Crippen LogP contribution in [0.25, 0.3) is 0 Å². The first-order valence-corrected chi connectivity index (χ1v) is 10.3. The SMILES string of the molecule is O=C(Nc1ccccc1S(=O)(=O)N1CCCCC1)c1ccc(Cl)s1. The third kappa shape index (κ3) is 3.64. The second-order valence-electron chi connectivity index (χ2n) is 5.52. The lowest BCUT2D eigenvalue weighted by molar-refractivity contribution is 0.103. The molecular weight excluding hydrogens is 368 g/mol. The smallest absolute Gasteiger partial charge is 0.265 e. The summed E-state index contributed by atoms with van der Waals surface area (Å²) in [5, 5.41) is 2.69. The highest BCUT2D eigenvalue weighted by atomic mass is 35.5. The minimum atomic E-state index is -3.62. The van der Waals surface area contributed by atoms with Gasteiger partial charge >= 0.3 is 0 Å². The van der Waals surface area contributed by atoms with Crippen LogP contribution in [0.4, 0.5) is 5.69 Å². The zero-order valence-corrected chi connectivity index (χ0v) is 15.3.